The molecule has 0 aliphatic carbocycles. The molecule has 3 aromatic rings. The van der Waals surface area contributed by atoms with E-state index in [1.165, 1.54) is 0 Å². The Labute approximate surface area is 169 Å². The summed E-state index contributed by atoms with van der Waals surface area (Å²) in [7, 11) is 0. The molecule has 1 aliphatic heterocycles. The van der Waals surface area contributed by atoms with Crippen LogP contribution >= 0.6 is 11.6 Å². The van der Waals surface area contributed by atoms with Gasteiger partial charge in [0.1, 0.15) is 0 Å². The second-order valence-electron chi connectivity index (χ2n) is 7.02. The van der Waals surface area contributed by atoms with Gasteiger partial charge >= 0.3 is 0 Å². The zero-order chi connectivity index (χ0) is 19.7. The monoisotopic (exact) mass is 395 g/mol. The first-order valence-corrected chi connectivity index (χ1v) is 9.71. The molecule has 1 saturated heterocycles. The molecule has 144 valence electrons. The SMILES string of the molecule is Cc1ccc2nc(C)cc(C(=O)Nc3cccc(Cl)c3N3CCOCC3)c2c1. The Kier molecular flexibility index (Phi) is 5.20. The van der Waals surface area contributed by atoms with E-state index in [0.29, 0.717) is 29.5 Å². The summed E-state index contributed by atoms with van der Waals surface area (Å²) in [6.07, 6.45) is 0. The normalized spacial score (nSPS) is 14.3. The van der Waals surface area contributed by atoms with Crippen LogP contribution < -0.4 is 10.2 Å². The van der Waals surface area contributed by atoms with Crippen LogP contribution in [0, 0.1) is 13.8 Å². The number of carbonyl (C=O) groups is 1. The third-order valence-corrected chi connectivity index (χ3v) is 5.20. The first-order chi connectivity index (χ1) is 13.5. The van der Waals surface area contributed by atoms with E-state index < -0.39 is 0 Å². The van der Waals surface area contributed by atoms with E-state index in [4.69, 9.17) is 16.3 Å². The molecule has 0 unspecified atom stereocenters. The number of pyridine rings is 1. The molecule has 4 rings (SSSR count). The van der Waals surface area contributed by atoms with Crippen molar-refractivity contribution in [1.82, 2.24) is 4.98 Å². The molecule has 6 heteroatoms. The molecule has 2 heterocycles. The number of halogens is 1. The largest absolute Gasteiger partial charge is 0.378 e. The number of benzene rings is 2. The number of hydrogen-bond acceptors (Lipinski definition) is 4. The molecule has 0 radical (unpaired) electrons. The molecule has 5 nitrogen and oxygen atoms in total. The van der Waals surface area contributed by atoms with E-state index in [-0.39, 0.29) is 5.91 Å². The number of fused-ring (bicyclic) bond motifs is 1. The predicted molar refractivity (Wildman–Crippen MR) is 114 cm³/mol. The van der Waals surface area contributed by atoms with Crippen molar-refractivity contribution in [1.29, 1.82) is 0 Å². The standard InChI is InChI=1S/C22H22ClN3O2/c1-14-6-7-19-16(12-14)17(13-15(2)24-19)22(27)25-20-5-3-4-18(23)21(20)26-8-10-28-11-9-26/h3-7,12-13H,8-11H2,1-2H3,(H,25,27). The van der Waals surface area contributed by atoms with E-state index in [1.54, 1.807) is 0 Å². The summed E-state index contributed by atoms with van der Waals surface area (Å²) in [6, 6.07) is 13.4. The van der Waals surface area contributed by atoms with Crippen LogP contribution in [0.3, 0.4) is 0 Å². The summed E-state index contributed by atoms with van der Waals surface area (Å²) < 4.78 is 5.44. The van der Waals surface area contributed by atoms with Crippen molar-refractivity contribution in [3.8, 4) is 0 Å². The lowest BCUT2D eigenvalue weighted by Gasteiger charge is -2.31. The molecule has 0 spiro atoms. The van der Waals surface area contributed by atoms with Gasteiger partial charge < -0.3 is 15.0 Å². The first-order valence-electron chi connectivity index (χ1n) is 9.33. The van der Waals surface area contributed by atoms with E-state index in [2.05, 4.69) is 15.2 Å². The van der Waals surface area contributed by atoms with Gasteiger partial charge in [0.15, 0.2) is 0 Å². The number of aromatic nitrogens is 1. The van der Waals surface area contributed by atoms with Crippen molar-refractivity contribution in [2.75, 3.05) is 36.5 Å². The van der Waals surface area contributed by atoms with Gasteiger partial charge in [-0.1, -0.05) is 29.3 Å². The summed E-state index contributed by atoms with van der Waals surface area (Å²) in [5.41, 5.74) is 4.86. The molecule has 1 fully saturated rings. The third kappa shape index (κ3) is 3.68. The van der Waals surface area contributed by atoms with Gasteiger partial charge in [0.25, 0.3) is 5.91 Å². The van der Waals surface area contributed by atoms with Crippen molar-refractivity contribution < 1.29 is 9.53 Å². The number of nitrogens with zero attached hydrogens (tertiary/aromatic N) is 2. The molecule has 28 heavy (non-hydrogen) atoms. The van der Waals surface area contributed by atoms with Gasteiger partial charge in [-0.2, -0.15) is 0 Å². The minimum atomic E-state index is -0.169. The Hall–Kier alpha value is -2.63. The van der Waals surface area contributed by atoms with E-state index >= 15 is 0 Å². The van der Waals surface area contributed by atoms with Crippen LogP contribution in [0.1, 0.15) is 21.6 Å². The summed E-state index contributed by atoms with van der Waals surface area (Å²) in [5.74, 6) is -0.169. The number of carbonyl (C=O) groups excluding carboxylic acids is 1. The quantitative estimate of drug-likeness (QED) is 0.704. The summed E-state index contributed by atoms with van der Waals surface area (Å²) >= 11 is 6.49. The predicted octanol–water partition coefficient (Wildman–Crippen LogP) is 4.59. The minimum absolute atomic E-state index is 0.169. The molecule has 1 aromatic heterocycles. The number of para-hydroxylation sites is 1. The maximum Gasteiger partial charge on any atom is 0.256 e. The number of amides is 1. The lowest BCUT2D eigenvalue weighted by molar-refractivity contribution is 0.102. The zero-order valence-corrected chi connectivity index (χ0v) is 16.7. The number of anilines is 2. The van der Waals surface area contributed by atoms with Gasteiger partial charge in [-0.3, -0.25) is 9.78 Å². The molecule has 2 aromatic carbocycles. The van der Waals surface area contributed by atoms with Crippen LogP contribution in [0.4, 0.5) is 11.4 Å². The lowest BCUT2D eigenvalue weighted by atomic mass is 10.0. The molecular weight excluding hydrogens is 374 g/mol. The highest BCUT2D eigenvalue weighted by atomic mass is 35.5. The van der Waals surface area contributed by atoms with Crippen molar-refractivity contribution in [2.45, 2.75) is 13.8 Å². The van der Waals surface area contributed by atoms with Gasteiger partial charge in [-0.05, 0) is 44.2 Å². The summed E-state index contributed by atoms with van der Waals surface area (Å²) in [5, 5.41) is 4.53. The topological polar surface area (TPSA) is 54.5 Å². The van der Waals surface area contributed by atoms with Crippen LogP contribution in [0.25, 0.3) is 10.9 Å². The lowest BCUT2D eigenvalue weighted by Crippen LogP contribution is -2.37. The van der Waals surface area contributed by atoms with Crippen molar-refractivity contribution in [3.05, 3.63) is 64.3 Å². The third-order valence-electron chi connectivity index (χ3n) is 4.90. The highest BCUT2D eigenvalue weighted by molar-refractivity contribution is 6.34. The van der Waals surface area contributed by atoms with Gasteiger partial charge in [0.05, 0.1) is 40.7 Å². The second-order valence-corrected chi connectivity index (χ2v) is 7.43. The van der Waals surface area contributed by atoms with Crippen LogP contribution in [0.5, 0.6) is 0 Å². The number of rotatable bonds is 3. The van der Waals surface area contributed by atoms with Crippen LogP contribution in [-0.2, 0) is 4.74 Å². The molecule has 1 N–H and O–H groups in total. The second kappa shape index (κ2) is 7.78. The number of aryl methyl sites for hydroxylation is 2. The summed E-state index contributed by atoms with van der Waals surface area (Å²) in [6.45, 7) is 6.67. The Bertz CT molecular complexity index is 1050. The molecule has 0 atom stereocenters. The van der Waals surface area contributed by atoms with Crippen LogP contribution in [-0.4, -0.2) is 37.2 Å². The molecule has 0 bridgehead atoms. The van der Waals surface area contributed by atoms with Crippen LogP contribution in [0.15, 0.2) is 42.5 Å². The Balaban J connectivity index is 1.73. The number of nitrogens with one attached hydrogen (secondary N) is 1. The average Bonchev–Trinajstić information content (AvgIpc) is 2.68. The van der Waals surface area contributed by atoms with Gasteiger partial charge in [0.2, 0.25) is 0 Å². The van der Waals surface area contributed by atoms with E-state index in [0.717, 1.165) is 40.9 Å². The van der Waals surface area contributed by atoms with Gasteiger partial charge in [-0.25, -0.2) is 0 Å². The number of hydrogen-bond donors (Lipinski definition) is 1. The highest BCUT2D eigenvalue weighted by Crippen LogP contribution is 2.35. The van der Waals surface area contributed by atoms with E-state index in [9.17, 15) is 4.79 Å². The zero-order valence-electron chi connectivity index (χ0n) is 16.0. The molecule has 1 aliphatic rings. The average molecular weight is 396 g/mol. The maximum absolute atomic E-state index is 13.2. The fourth-order valence-electron chi connectivity index (χ4n) is 3.57. The molecular formula is C22H22ClN3O2. The smallest absolute Gasteiger partial charge is 0.256 e. The number of ether oxygens (including phenoxy) is 1. The van der Waals surface area contributed by atoms with Crippen LogP contribution in [0.2, 0.25) is 5.02 Å². The maximum atomic E-state index is 13.2. The Morgan fingerprint density at radius 1 is 1.14 bits per heavy atom. The molecule has 0 saturated carbocycles. The van der Waals surface area contributed by atoms with Gasteiger partial charge in [-0.15, -0.1) is 0 Å². The van der Waals surface area contributed by atoms with Gasteiger partial charge in [0, 0.05) is 24.2 Å². The minimum Gasteiger partial charge on any atom is -0.378 e. The van der Waals surface area contributed by atoms with Crippen molar-refractivity contribution in [3.63, 3.8) is 0 Å². The highest BCUT2D eigenvalue weighted by Gasteiger charge is 2.20. The Morgan fingerprint density at radius 2 is 1.93 bits per heavy atom. The number of morpholine rings is 1. The van der Waals surface area contributed by atoms with Crippen molar-refractivity contribution in [2.24, 2.45) is 0 Å². The fraction of sp³-hybridized carbons (Fsp3) is 0.273. The van der Waals surface area contributed by atoms with E-state index in [1.807, 2.05) is 56.3 Å². The first kappa shape index (κ1) is 18.7. The van der Waals surface area contributed by atoms with Crippen molar-refractivity contribution >= 4 is 39.8 Å². The fourth-order valence-corrected chi connectivity index (χ4v) is 3.87. The molecule has 1 amide bonds. The summed E-state index contributed by atoms with van der Waals surface area (Å²) in [4.78, 5) is 19.9. The Morgan fingerprint density at radius 3 is 2.71 bits per heavy atom.